The second-order valence-corrected chi connectivity index (χ2v) is 21.0. The van der Waals surface area contributed by atoms with E-state index in [1.807, 2.05) is 0 Å². The lowest BCUT2D eigenvalue weighted by Gasteiger charge is -2.38. The fourth-order valence-electron chi connectivity index (χ4n) is 12.9. The minimum absolute atomic E-state index is 0. The molecule has 6 aliphatic carbocycles. The highest BCUT2D eigenvalue weighted by Gasteiger charge is 2.32. The molecule has 0 radical (unpaired) electrons. The third-order valence-electron chi connectivity index (χ3n) is 17.0. The van der Waals surface area contributed by atoms with Crippen molar-refractivity contribution in [3.63, 3.8) is 0 Å². The summed E-state index contributed by atoms with van der Waals surface area (Å²) in [6, 6.07) is 9.28. The van der Waals surface area contributed by atoms with Crippen molar-refractivity contribution < 1.29 is 5.71 Å². The van der Waals surface area contributed by atoms with Crippen molar-refractivity contribution >= 4 is 0 Å². The van der Waals surface area contributed by atoms with Gasteiger partial charge in [-0.2, -0.15) is 0 Å². The summed E-state index contributed by atoms with van der Waals surface area (Å²) in [5.41, 5.74) is 2.97. The lowest BCUT2D eigenvalue weighted by Crippen LogP contribution is -2.25. The smallest absolute Gasteiger partial charge is 0 e. The van der Waals surface area contributed by atoms with Gasteiger partial charge in [0.15, 0.2) is 0 Å². The number of allylic oxidation sites excluding steroid dienone is 3. The van der Waals surface area contributed by atoms with Gasteiger partial charge in [0.25, 0.3) is 0 Å². The second-order valence-electron chi connectivity index (χ2n) is 21.0. The summed E-state index contributed by atoms with van der Waals surface area (Å²) in [6.45, 7) is 15.5. The summed E-state index contributed by atoms with van der Waals surface area (Å²) >= 11 is 0. The fourth-order valence-corrected chi connectivity index (χ4v) is 12.9. The summed E-state index contributed by atoms with van der Waals surface area (Å²) in [7, 11) is 0. The molecule has 6 saturated carbocycles. The summed E-state index contributed by atoms with van der Waals surface area (Å²) < 4.78 is 0. The first-order valence-electron chi connectivity index (χ1n) is 25.1. The monoisotopic (exact) mass is 761 g/mol. The molecule has 6 aliphatic rings. The van der Waals surface area contributed by atoms with Gasteiger partial charge in [0, 0.05) is 5.71 Å². The fraction of sp³-hybridized carbons (Fsp3) is 0.818. The number of hydrogen-bond acceptors (Lipinski definition) is 0. The highest BCUT2D eigenvalue weighted by Crippen LogP contribution is 2.45. The van der Waals surface area contributed by atoms with Gasteiger partial charge >= 0.3 is 0 Å². The molecule has 0 nitrogen and oxygen atoms in total. The van der Waals surface area contributed by atoms with Crippen molar-refractivity contribution in [2.75, 3.05) is 0 Å². The zero-order valence-electron chi connectivity index (χ0n) is 37.5. The van der Waals surface area contributed by atoms with Crippen molar-refractivity contribution in [3.8, 4) is 0 Å². The van der Waals surface area contributed by atoms with Crippen LogP contribution in [0.1, 0.15) is 230 Å². The molecule has 0 amide bonds. The number of aryl methyl sites for hydroxylation is 1. The van der Waals surface area contributed by atoms with Gasteiger partial charge in [0.2, 0.25) is 0 Å². The summed E-state index contributed by atoms with van der Waals surface area (Å²) in [6.07, 6.45) is 48.4. The van der Waals surface area contributed by atoms with E-state index in [1.54, 1.807) is 44.1 Å². The van der Waals surface area contributed by atoms with Crippen LogP contribution in [0.25, 0.3) is 0 Å². The first kappa shape index (κ1) is 44.8. The maximum Gasteiger partial charge on any atom is 0 e. The molecule has 6 fully saturated rings. The van der Waals surface area contributed by atoms with Gasteiger partial charge in [-0.05, 0) is 212 Å². The third-order valence-corrected chi connectivity index (χ3v) is 17.0. The Labute approximate surface area is 350 Å². The van der Waals surface area contributed by atoms with Crippen LogP contribution in [0.5, 0.6) is 0 Å². The first-order chi connectivity index (χ1) is 26.8. The first-order valence-corrected chi connectivity index (χ1v) is 25.1. The van der Waals surface area contributed by atoms with Crippen molar-refractivity contribution in [2.24, 2.45) is 65.1 Å². The van der Waals surface area contributed by atoms with Crippen LogP contribution in [-0.4, -0.2) is 0 Å². The highest BCUT2D eigenvalue weighted by atomic mass is 14.4. The lowest BCUT2D eigenvalue weighted by atomic mass is 9.68. The van der Waals surface area contributed by atoms with E-state index in [0.29, 0.717) is 0 Å². The SMILES string of the molecule is C/C=C/C1CCC(C2CCC(C)CC2)CC1.C=CCC1CCC(C2CCC(c3ccc(C)cc3)CC2)CC1.CCCCC1CCC(C2CCC(C)CC2)CC1.[HH].[HH].[HH].[HH]. The number of hydrogen-bond donors (Lipinski definition) is 0. The van der Waals surface area contributed by atoms with E-state index in [0.717, 1.165) is 71.0 Å². The van der Waals surface area contributed by atoms with Crippen molar-refractivity contribution in [1.29, 1.82) is 0 Å². The van der Waals surface area contributed by atoms with Crippen LogP contribution >= 0.6 is 0 Å². The Bertz CT molecular complexity index is 1160. The molecule has 0 heterocycles. The maximum absolute atomic E-state index is 3.91. The average molecular weight is 761 g/mol. The van der Waals surface area contributed by atoms with E-state index < -0.39 is 0 Å². The van der Waals surface area contributed by atoms with Crippen molar-refractivity contribution in [1.82, 2.24) is 0 Å². The summed E-state index contributed by atoms with van der Waals surface area (Å²) in [5.74, 6) is 12.2. The van der Waals surface area contributed by atoms with Crippen LogP contribution in [0.3, 0.4) is 0 Å². The normalized spacial score (nSPS) is 37.2. The van der Waals surface area contributed by atoms with Crippen LogP contribution < -0.4 is 0 Å². The summed E-state index contributed by atoms with van der Waals surface area (Å²) in [5, 5.41) is 0. The van der Waals surface area contributed by atoms with Gasteiger partial charge in [-0.15, -0.1) is 6.58 Å². The predicted molar refractivity (Wildman–Crippen MR) is 252 cm³/mol. The van der Waals surface area contributed by atoms with Crippen LogP contribution in [0, 0.1) is 72.0 Å². The number of benzene rings is 1. The van der Waals surface area contributed by atoms with Crippen LogP contribution in [0.2, 0.25) is 0 Å². The van der Waals surface area contributed by atoms with Gasteiger partial charge < -0.3 is 0 Å². The molecule has 1 aromatic rings. The molecule has 0 bridgehead atoms. The third kappa shape index (κ3) is 15.1. The zero-order valence-corrected chi connectivity index (χ0v) is 37.5. The van der Waals surface area contributed by atoms with Crippen molar-refractivity contribution in [3.05, 3.63) is 60.2 Å². The Morgan fingerprint density at radius 3 is 1.36 bits per heavy atom. The molecule has 0 heteroatoms. The average Bonchev–Trinajstić information content (AvgIpc) is 3.23. The van der Waals surface area contributed by atoms with Gasteiger partial charge in [-0.25, -0.2) is 0 Å². The van der Waals surface area contributed by atoms with Gasteiger partial charge in [0.05, 0.1) is 0 Å². The Morgan fingerprint density at radius 2 is 0.945 bits per heavy atom. The predicted octanol–water partition coefficient (Wildman–Crippen LogP) is 18.6. The van der Waals surface area contributed by atoms with Gasteiger partial charge in [-0.3, -0.25) is 0 Å². The number of unbranched alkanes of at least 4 members (excludes halogenated alkanes) is 1. The van der Waals surface area contributed by atoms with E-state index in [1.165, 1.54) is 147 Å². The van der Waals surface area contributed by atoms with E-state index in [-0.39, 0.29) is 5.71 Å². The van der Waals surface area contributed by atoms with Crippen molar-refractivity contribution in [2.45, 2.75) is 220 Å². The second kappa shape index (κ2) is 24.6. The lowest BCUT2D eigenvalue weighted by molar-refractivity contribution is 0.147. The minimum atomic E-state index is 0. The molecule has 320 valence electrons. The van der Waals surface area contributed by atoms with Gasteiger partial charge in [-0.1, -0.05) is 127 Å². The van der Waals surface area contributed by atoms with Gasteiger partial charge in [0.1, 0.15) is 0 Å². The Kier molecular flexibility index (Phi) is 20.0. The molecular weight excluding hydrogens is 661 g/mol. The molecule has 55 heavy (non-hydrogen) atoms. The quantitative estimate of drug-likeness (QED) is 0.208. The Morgan fingerprint density at radius 1 is 0.545 bits per heavy atom. The standard InChI is InChI=1S/C22H32.C17H32.C16H28.4H2/c1-3-4-18-7-11-20(12-8-18)22-15-13-21(14-16-22)19-9-5-17(2)6-10-19;1-3-4-5-15-8-12-17(13-9-15)16-10-6-14(2)7-11-16;1-3-4-14-7-11-16(12-8-14)15-9-5-13(2)6-10-15;;;;/h3,5-6,9-10,18,20-22H,1,4,7-8,11-16H2,2H3;14-17H,3-13H2,1-2H3;3-4,13-16H,5-12H2,1-2H3;4*1H/b;;4-3+;;;;. The zero-order chi connectivity index (χ0) is 38.8. The molecular formula is C55H100. The molecule has 7 rings (SSSR count). The van der Waals surface area contributed by atoms with E-state index in [2.05, 4.69) is 83.7 Å². The molecule has 0 aromatic heterocycles. The topological polar surface area (TPSA) is 0 Å². The Hall–Kier alpha value is -1.30. The van der Waals surface area contributed by atoms with Crippen LogP contribution in [-0.2, 0) is 0 Å². The van der Waals surface area contributed by atoms with E-state index in [9.17, 15) is 0 Å². The molecule has 1 aromatic carbocycles. The molecule has 0 aliphatic heterocycles. The molecule has 0 spiro atoms. The molecule has 0 saturated heterocycles. The molecule has 0 N–H and O–H groups in total. The summed E-state index contributed by atoms with van der Waals surface area (Å²) in [4.78, 5) is 0. The minimum Gasteiger partial charge on any atom is -0.103 e. The molecule has 0 atom stereocenters. The Balaban J connectivity index is 0.000000434. The maximum atomic E-state index is 3.91. The van der Waals surface area contributed by atoms with E-state index >= 15 is 0 Å². The number of rotatable bonds is 10. The van der Waals surface area contributed by atoms with Crippen LogP contribution in [0.4, 0.5) is 0 Å². The van der Waals surface area contributed by atoms with Crippen LogP contribution in [0.15, 0.2) is 49.1 Å². The highest BCUT2D eigenvalue weighted by molar-refractivity contribution is 5.24. The molecule has 0 unspecified atom stereocenters. The largest absolute Gasteiger partial charge is 0.103 e. The van der Waals surface area contributed by atoms with E-state index in [4.69, 9.17) is 0 Å².